The van der Waals surface area contributed by atoms with Crippen LogP contribution in [0.3, 0.4) is 0 Å². The quantitative estimate of drug-likeness (QED) is 0.781. The van der Waals surface area contributed by atoms with Gasteiger partial charge in [-0.2, -0.15) is 0 Å². The van der Waals surface area contributed by atoms with E-state index in [2.05, 4.69) is 10.2 Å². The highest BCUT2D eigenvalue weighted by Crippen LogP contribution is 2.30. The molecule has 1 saturated carbocycles. The minimum atomic E-state index is 0.427. The van der Waals surface area contributed by atoms with Gasteiger partial charge in [-0.25, -0.2) is 0 Å². The summed E-state index contributed by atoms with van der Waals surface area (Å²) in [6.07, 6.45) is 8.97. The van der Waals surface area contributed by atoms with Gasteiger partial charge in [0.2, 0.25) is 0 Å². The van der Waals surface area contributed by atoms with E-state index < -0.39 is 0 Å². The van der Waals surface area contributed by atoms with Gasteiger partial charge in [0.25, 0.3) is 0 Å². The molecule has 0 radical (unpaired) electrons. The van der Waals surface area contributed by atoms with Crippen molar-refractivity contribution in [3.05, 3.63) is 11.6 Å². The Hall–Kier alpha value is -0.0500. The lowest BCUT2D eigenvalue weighted by Gasteiger charge is -2.46. The number of hydrogen-bond acceptors (Lipinski definition) is 2. The molecule has 1 heterocycles. The van der Waals surface area contributed by atoms with Crippen LogP contribution in [-0.2, 0) is 0 Å². The predicted molar refractivity (Wildman–Crippen MR) is 65.3 cm³/mol. The van der Waals surface area contributed by atoms with Crippen LogP contribution in [0.4, 0.5) is 0 Å². The Morgan fingerprint density at radius 3 is 2.80 bits per heavy atom. The second-order valence-electron chi connectivity index (χ2n) is 4.86. The maximum absolute atomic E-state index is 5.58. The largest absolute Gasteiger partial charge is 0.309 e. The zero-order valence-corrected chi connectivity index (χ0v) is 10.1. The number of nitrogens with one attached hydrogen (secondary N) is 1. The normalized spacial score (nSPS) is 27.5. The lowest BCUT2D eigenvalue weighted by Crippen LogP contribution is -2.61. The zero-order chi connectivity index (χ0) is 10.6. The van der Waals surface area contributed by atoms with Crippen LogP contribution in [0, 0.1) is 0 Å². The molecule has 86 valence electrons. The molecule has 0 bridgehead atoms. The van der Waals surface area contributed by atoms with E-state index in [0.29, 0.717) is 5.54 Å². The first kappa shape index (κ1) is 11.4. The molecule has 1 aliphatic heterocycles. The molecule has 0 aromatic heterocycles. The Kier molecular flexibility index (Phi) is 4.06. The van der Waals surface area contributed by atoms with E-state index in [-0.39, 0.29) is 0 Å². The summed E-state index contributed by atoms with van der Waals surface area (Å²) >= 11 is 5.58. The first-order valence-corrected chi connectivity index (χ1v) is 6.51. The lowest BCUT2D eigenvalue weighted by atomic mass is 9.80. The summed E-state index contributed by atoms with van der Waals surface area (Å²) in [6.45, 7) is 4.50. The lowest BCUT2D eigenvalue weighted by molar-refractivity contribution is 0.108. The standard InChI is InChI=1S/C12H21ClN2/c13-7-4-9-15-10-8-14-12(11-15)5-2-1-3-6-12/h4,7,14H,1-3,5-6,8-11H2/b7-4+. The SMILES string of the molecule is Cl/C=C/CN1CCNC2(CCCCC2)C1. The van der Waals surface area contributed by atoms with E-state index in [4.69, 9.17) is 11.6 Å². The van der Waals surface area contributed by atoms with E-state index in [1.54, 1.807) is 5.54 Å². The summed E-state index contributed by atoms with van der Waals surface area (Å²) in [6, 6.07) is 0. The fraction of sp³-hybridized carbons (Fsp3) is 0.833. The fourth-order valence-electron chi connectivity index (χ4n) is 2.95. The molecule has 2 fully saturated rings. The smallest absolute Gasteiger partial charge is 0.0309 e. The number of halogens is 1. The number of nitrogens with zero attached hydrogens (tertiary/aromatic N) is 1. The molecule has 0 amide bonds. The Balaban J connectivity index is 1.90. The van der Waals surface area contributed by atoms with Crippen LogP contribution in [0.25, 0.3) is 0 Å². The topological polar surface area (TPSA) is 15.3 Å². The molecule has 0 atom stereocenters. The number of hydrogen-bond donors (Lipinski definition) is 1. The highest BCUT2D eigenvalue weighted by molar-refractivity contribution is 6.25. The summed E-state index contributed by atoms with van der Waals surface area (Å²) in [5.74, 6) is 0. The van der Waals surface area contributed by atoms with Crippen LogP contribution in [0.5, 0.6) is 0 Å². The summed E-state index contributed by atoms with van der Waals surface area (Å²) in [5.41, 5.74) is 2.06. The molecule has 1 N–H and O–H groups in total. The zero-order valence-electron chi connectivity index (χ0n) is 9.34. The summed E-state index contributed by atoms with van der Waals surface area (Å²) in [7, 11) is 0. The van der Waals surface area contributed by atoms with Crippen LogP contribution in [0.2, 0.25) is 0 Å². The van der Waals surface area contributed by atoms with Crippen molar-refractivity contribution in [1.29, 1.82) is 0 Å². The van der Waals surface area contributed by atoms with Crippen molar-refractivity contribution in [2.75, 3.05) is 26.2 Å². The Bertz CT molecular complexity index is 216. The maximum Gasteiger partial charge on any atom is 0.0309 e. The van der Waals surface area contributed by atoms with E-state index >= 15 is 0 Å². The van der Waals surface area contributed by atoms with Gasteiger partial charge in [-0.05, 0) is 12.8 Å². The fourth-order valence-corrected chi connectivity index (χ4v) is 3.03. The van der Waals surface area contributed by atoms with Crippen LogP contribution < -0.4 is 5.32 Å². The second-order valence-corrected chi connectivity index (χ2v) is 5.12. The van der Waals surface area contributed by atoms with Gasteiger partial charge in [-0.3, -0.25) is 4.90 Å². The average molecular weight is 229 g/mol. The van der Waals surface area contributed by atoms with Gasteiger partial charge in [-0.15, -0.1) is 0 Å². The van der Waals surface area contributed by atoms with E-state index in [1.165, 1.54) is 38.6 Å². The minimum absolute atomic E-state index is 0.427. The maximum atomic E-state index is 5.58. The summed E-state index contributed by atoms with van der Waals surface area (Å²) < 4.78 is 0. The van der Waals surface area contributed by atoms with Crippen molar-refractivity contribution in [2.45, 2.75) is 37.6 Å². The van der Waals surface area contributed by atoms with E-state index in [0.717, 1.165) is 19.6 Å². The van der Waals surface area contributed by atoms with Gasteiger partial charge in [0, 0.05) is 37.3 Å². The van der Waals surface area contributed by atoms with Gasteiger partial charge in [-0.1, -0.05) is 36.9 Å². The molecule has 2 rings (SSSR count). The Labute approximate surface area is 97.7 Å². The van der Waals surface area contributed by atoms with E-state index in [1.807, 2.05) is 6.08 Å². The molecule has 3 heteroatoms. The average Bonchev–Trinajstić information content (AvgIpc) is 2.28. The number of rotatable bonds is 2. The van der Waals surface area contributed by atoms with Crippen molar-refractivity contribution in [3.8, 4) is 0 Å². The van der Waals surface area contributed by atoms with Crippen LogP contribution in [0.1, 0.15) is 32.1 Å². The van der Waals surface area contributed by atoms with E-state index in [9.17, 15) is 0 Å². The number of piperazine rings is 1. The summed E-state index contributed by atoms with van der Waals surface area (Å²) in [4.78, 5) is 2.51. The third-order valence-electron chi connectivity index (χ3n) is 3.72. The molecule has 2 aliphatic rings. The monoisotopic (exact) mass is 228 g/mol. The molecule has 1 aliphatic carbocycles. The molecular formula is C12H21ClN2. The highest BCUT2D eigenvalue weighted by Gasteiger charge is 2.35. The van der Waals surface area contributed by atoms with Crippen molar-refractivity contribution in [1.82, 2.24) is 10.2 Å². The summed E-state index contributed by atoms with van der Waals surface area (Å²) in [5, 5.41) is 3.74. The molecule has 1 saturated heterocycles. The first-order valence-electron chi connectivity index (χ1n) is 6.07. The van der Waals surface area contributed by atoms with Crippen LogP contribution in [-0.4, -0.2) is 36.6 Å². The molecular weight excluding hydrogens is 208 g/mol. The Morgan fingerprint density at radius 1 is 1.27 bits per heavy atom. The van der Waals surface area contributed by atoms with Gasteiger partial charge in [0.1, 0.15) is 0 Å². The highest BCUT2D eigenvalue weighted by atomic mass is 35.5. The first-order chi connectivity index (χ1) is 7.35. The molecule has 15 heavy (non-hydrogen) atoms. The van der Waals surface area contributed by atoms with Crippen molar-refractivity contribution < 1.29 is 0 Å². The molecule has 0 unspecified atom stereocenters. The third kappa shape index (κ3) is 2.96. The van der Waals surface area contributed by atoms with Crippen molar-refractivity contribution in [2.24, 2.45) is 0 Å². The van der Waals surface area contributed by atoms with Crippen molar-refractivity contribution >= 4 is 11.6 Å². The molecule has 0 aromatic rings. The molecule has 0 aromatic carbocycles. The molecule has 1 spiro atoms. The Morgan fingerprint density at radius 2 is 2.07 bits per heavy atom. The van der Waals surface area contributed by atoms with Crippen LogP contribution in [0.15, 0.2) is 11.6 Å². The second kappa shape index (κ2) is 5.33. The molecule has 2 nitrogen and oxygen atoms in total. The van der Waals surface area contributed by atoms with Gasteiger partial charge in [0.05, 0.1) is 0 Å². The van der Waals surface area contributed by atoms with Gasteiger partial charge in [0.15, 0.2) is 0 Å². The van der Waals surface area contributed by atoms with Gasteiger partial charge < -0.3 is 5.32 Å². The predicted octanol–water partition coefficient (Wildman–Crippen LogP) is 2.35. The van der Waals surface area contributed by atoms with Crippen molar-refractivity contribution in [3.63, 3.8) is 0 Å². The van der Waals surface area contributed by atoms with Gasteiger partial charge >= 0.3 is 0 Å². The third-order valence-corrected chi connectivity index (χ3v) is 3.90. The minimum Gasteiger partial charge on any atom is -0.309 e. The van der Waals surface area contributed by atoms with Crippen LogP contribution >= 0.6 is 11.6 Å².